The molecule has 0 unspecified atom stereocenters. The van der Waals surface area contributed by atoms with Crippen LogP contribution >= 0.6 is 0 Å². The highest BCUT2D eigenvalue weighted by Crippen LogP contribution is 2.24. The Balaban J connectivity index is 2.02. The van der Waals surface area contributed by atoms with Crippen LogP contribution in [-0.4, -0.2) is 33.4 Å². The van der Waals surface area contributed by atoms with Gasteiger partial charge in [-0.3, -0.25) is 10.7 Å². The first-order valence-corrected chi connectivity index (χ1v) is 7.38. The van der Waals surface area contributed by atoms with E-state index in [0.717, 1.165) is 32.6 Å². The van der Waals surface area contributed by atoms with Gasteiger partial charge in [-0.2, -0.15) is 0 Å². The van der Waals surface area contributed by atoms with Crippen molar-refractivity contribution in [2.75, 3.05) is 30.6 Å². The van der Waals surface area contributed by atoms with Crippen molar-refractivity contribution < 1.29 is 18.4 Å². The van der Waals surface area contributed by atoms with Crippen molar-refractivity contribution >= 4 is 22.1 Å². The number of anilines is 2. The quantitative estimate of drug-likeness (QED) is 0.482. The molecule has 3 N–H and O–H groups in total. The van der Waals surface area contributed by atoms with Gasteiger partial charge in [-0.15, -0.1) is 0 Å². The standard InChI is InChI=1S/C12H18N2O4S/c15-14-12-7-10(19(16)17)1-2-11(12)13-8-9-3-5-18-6-4-9/h1-2,7,9,13-15,19H,3-6,8H2. The summed E-state index contributed by atoms with van der Waals surface area (Å²) in [7, 11) is -2.65. The molecule has 1 heterocycles. The zero-order valence-corrected chi connectivity index (χ0v) is 11.4. The predicted molar refractivity (Wildman–Crippen MR) is 72.5 cm³/mol. The van der Waals surface area contributed by atoms with E-state index in [1.165, 1.54) is 12.1 Å². The van der Waals surface area contributed by atoms with E-state index >= 15 is 0 Å². The van der Waals surface area contributed by atoms with Crippen LogP contribution in [0.3, 0.4) is 0 Å². The van der Waals surface area contributed by atoms with Crippen LogP contribution in [0.15, 0.2) is 23.1 Å². The lowest BCUT2D eigenvalue weighted by molar-refractivity contribution is 0.0699. The van der Waals surface area contributed by atoms with E-state index in [0.29, 0.717) is 17.3 Å². The number of thiol groups is 1. The van der Waals surface area contributed by atoms with Crippen LogP contribution in [0.25, 0.3) is 0 Å². The van der Waals surface area contributed by atoms with Crippen molar-refractivity contribution in [2.24, 2.45) is 5.92 Å². The van der Waals surface area contributed by atoms with Crippen LogP contribution in [0.2, 0.25) is 0 Å². The number of rotatable bonds is 5. The van der Waals surface area contributed by atoms with E-state index in [9.17, 15) is 8.42 Å². The van der Waals surface area contributed by atoms with Crippen molar-refractivity contribution in [3.05, 3.63) is 18.2 Å². The molecular formula is C12H18N2O4S. The minimum atomic E-state index is -2.65. The van der Waals surface area contributed by atoms with Crippen molar-refractivity contribution in [3.63, 3.8) is 0 Å². The third-order valence-electron chi connectivity index (χ3n) is 3.26. The summed E-state index contributed by atoms with van der Waals surface area (Å²) in [6, 6.07) is 4.56. The van der Waals surface area contributed by atoms with Gasteiger partial charge in [0, 0.05) is 19.8 Å². The predicted octanol–water partition coefficient (Wildman–Crippen LogP) is 1.30. The summed E-state index contributed by atoms with van der Waals surface area (Å²) in [4.78, 5) is 0.170. The lowest BCUT2D eigenvalue weighted by Gasteiger charge is -2.23. The molecule has 1 aromatic carbocycles. The van der Waals surface area contributed by atoms with Crippen LogP contribution in [0.5, 0.6) is 0 Å². The molecule has 0 bridgehead atoms. The third kappa shape index (κ3) is 3.82. The molecular weight excluding hydrogens is 268 g/mol. The van der Waals surface area contributed by atoms with Crippen molar-refractivity contribution in [2.45, 2.75) is 17.7 Å². The summed E-state index contributed by atoms with van der Waals surface area (Å²) in [6.45, 7) is 2.35. The summed E-state index contributed by atoms with van der Waals surface area (Å²) in [5.74, 6) is 0.538. The van der Waals surface area contributed by atoms with E-state index in [4.69, 9.17) is 9.94 Å². The Kier molecular flexibility index (Phi) is 5.00. The third-order valence-corrected chi connectivity index (χ3v) is 3.96. The van der Waals surface area contributed by atoms with Gasteiger partial charge < -0.3 is 10.1 Å². The molecule has 0 atom stereocenters. The summed E-state index contributed by atoms with van der Waals surface area (Å²) >= 11 is 0. The summed E-state index contributed by atoms with van der Waals surface area (Å²) in [6.07, 6.45) is 2.03. The average Bonchev–Trinajstić information content (AvgIpc) is 2.45. The van der Waals surface area contributed by atoms with E-state index in [1.54, 1.807) is 6.07 Å². The molecule has 0 aliphatic carbocycles. The molecule has 6 nitrogen and oxygen atoms in total. The van der Waals surface area contributed by atoms with Gasteiger partial charge in [0.05, 0.1) is 16.3 Å². The molecule has 106 valence electrons. The van der Waals surface area contributed by atoms with Crippen molar-refractivity contribution in [1.82, 2.24) is 0 Å². The molecule has 0 amide bonds. The van der Waals surface area contributed by atoms with Gasteiger partial charge in [-0.25, -0.2) is 8.42 Å². The van der Waals surface area contributed by atoms with Crippen molar-refractivity contribution in [3.8, 4) is 0 Å². The molecule has 2 rings (SSSR count). The Morgan fingerprint density at radius 1 is 1.26 bits per heavy atom. The molecule has 0 saturated carbocycles. The summed E-state index contributed by atoms with van der Waals surface area (Å²) in [5, 5.41) is 12.3. The van der Waals surface area contributed by atoms with E-state index in [2.05, 4.69) is 5.32 Å². The SMILES string of the molecule is O=[SH](=O)c1ccc(NCC2CCOCC2)c(NO)c1. The maximum atomic E-state index is 10.9. The van der Waals surface area contributed by atoms with E-state index in [1.807, 2.05) is 5.48 Å². The largest absolute Gasteiger partial charge is 0.383 e. The topological polar surface area (TPSA) is 87.7 Å². The van der Waals surface area contributed by atoms with Crippen molar-refractivity contribution in [1.29, 1.82) is 0 Å². The number of benzene rings is 1. The van der Waals surface area contributed by atoms with Gasteiger partial charge in [-0.1, -0.05) is 0 Å². The van der Waals surface area contributed by atoms with Gasteiger partial charge >= 0.3 is 0 Å². The Morgan fingerprint density at radius 3 is 2.63 bits per heavy atom. The molecule has 19 heavy (non-hydrogen) atoms. The highest BCUT2D eigenvalue weighted by atomic mass is 32.2. The first-order valence-electron chi connectivity index (χ1n) is 6.21. The number of ether oxygens (including phenoxy) is 1. The molecule has 7 heteroatoms. The Morgan fingerprint density at radius 2 is 2.00 bits per heavy atom. The van der Waals surface area contributed by atoms with Gasteiger partial charge in [0.1, 0.15) is 0 Å². The number of hydrogen-bond acceptors (Lipinski definition) is 6. The normalized spacial score (nSPS) is 16.5. The lowest BCUT2D eigenvalue weighted by Crippen LogP contribution is -2.22. The molecule has 1 aliphatic heterocycles. The second-order valence-electron chi connectivity index (χ2n) is 4.54. The van der Waals surface area contributed by atoms with E-state index in [-0.39, 0.29) is 4.90 Å². The van der Waals surface area contributed by atoms with Crippen LogP contribution in [0, 0.1) is 5.92 Å². The number of hydrogen-bond donors (Lipinski definition) is 4. The Bertz CT molecular complexity index is 491. The molecule has 1 aliphatic rings. The monoisotopic (exact) mass is 286 g/mol. The second kappa shape index (κ2) is 6.74. The smallest absolute Gasteiger partial charge is 0.168 e. The van der Waals surface area contributed by atoms with Crippen LogP contribution in [0.4, 0.5) is 11.4 Å². The lowest BCUT2D eigenvalue weighted by atomic mass is 10.0. The van der Waals surface area contributed by atoms with E-state index < -0.39 is 10.7 Å². The minimum absolute atomic E-state index is 0.170. The highest BCUT2D eigenvalue weighted by Gasteiger charge is 2.14. The molecule has 0 spiro atoms. The molecule has 0 radical (unpaired) electrons. The zero-order valence-electron chi connectivity index (χ0n) is 10.5. The highest BCUT2D eigenvalue weighted by molar-refractivity contribution is 7.72. The van der Waals surface area contributed by atoms with Gasteiger partial charge in [0.25, 0.3) is 0 Å². The summed E-state index contributed by atoms with van der Waals surface area (Å²) < 4.78 is 27.0. The second-order valence-corrected chi connectivity index (χ2v) is 5.57. The van der Waals surface area contributed by atoms with Gasteiger partial charge in [0.15, 0.2) is 10.7 Å². The fourth-order valence-electron chi connectivity index (χ4n) is 2.10. The zero-order chi connectivity index (χ0) is 13.7. The first-order chi connectivity index (χ1) is 9.20. The number of nitrogens with one attached hydrogen (secondary N) is 2. The molecule has 1 fully saturated rings. The molecule has 0 aromatic heterocycles. The fraction of sp³-hybridized carbons (Fsp3) is 0.500. The fourth-order valence-corrected chi connectivity index (χ4v) is 2.53. The Labute approximate surface area is 113 Å². The van der Waals surface area contributed by atoms with Gasteiger partial charge in [0.2, 0.25) is 0 Å². The Hall–Kier alpha value is -1.31. The molecule has 1 aromatic rings. The van der Waals surface area contributed by atoms with Crippen LogP contribution < -0.4 is 10.8 Å². The maximum absolute atomic E-state index is 10.9. The van der Waals surface area contributed by atoms with Crippen LogP contribution in [-0.2, 0) is 15.4 Å². The molecule has 1 saturated heterocycles. The van der Waals surface area contributed by atoms with Crippen LogP contribution in [0.1, 0.15) is 12.8 Å². The minimum Gasteiger partial charge on any atom is -0.383 e. The summed E-state index contributed by atoms with van der Waals surface area (Å²) in [5.41, 5.74) is 3.08. The first kappa shape index (κ1) is 14.1. The van der Waals surface area contributed by atoms with Gasteiger partial charge in [-0.05, 0) is 37.0 Å². The maximum Gasteiger partial charge on any atom is 0.168 e. The average molecular weight is 286 g/mol.